The van der Waals surface area contributed by atoms with Crippen molar-refractivity contribution in [1.82, 2.24) is 19.9 Å². The average molecular weight is 346 g/mol. The van der Waals surface area contributed by atoms with Crippen LogP contribution in [0.15, 0.2) is 54.9 Å². The summed E-state index contributed by atoms with van der Waals surface area (Å²) < 4.78 is 0. The molecule has 0 radical (unpaired) electrons. The minimum atomic E-state index is 0.0514. The average Bonchev–Trinajstić information content (AvgIpc) is 3.15. The molecule has 4 rings (SSSR count). The summed E-state index contributed by atoms with van der Waals surface area (Å²) in [5.41, 5.74) is 3.58. The van der Waals surface area contributed by atoms with Crippen molar-refractivity contribution in [2.45, 2.75) is 32.2 Å². The third-order valence-corrected chi connectivity index (χ3v) is 4.92. The van der Waals surface area contributed by atoms with Crippen molar-refractivity contribution >= 4 is 5.91 Å². The van der Waals surface area contributed by atoms with Crippen molar-refractivity contribution in [1.29, 1.82) is 0 Å². The Kier molecular flexibility index (Phi) is 4.52. The molecule has 0 saturated carbocycles. The third kappa shape index (κ3) is 3.25. The van der Waals surface area contributed by atoms with E-state index in [0.717, 1.165) is 48.6 Å². The second-order valence-corrected chi connectivity index (χ2v) is 6.73. The van der Waals surface area contributed by atoms with Crippen LogP contribution in [-0.2, 0) is 0 Å². The number of hydrogen-bond acceptors (Lipinski definition) is 3. The van der Waals surface area contributed by atoms with E-state index in [1.807, 2.05) is 54.3 Å². The highest BCUT2D eigenvalue weighted by molar-refractivity contribution is 5.95. The highest BCUT2D eigenvalue weighted by Crippen LogP contribution is 2.31. The lowest BCUT2D eigenvalue weighted by atomic mass is 9.97. The van der Waals surface area contributed by atoms with Crippen molar-refractivity contribution in [3.63, 3.8) is 0 Å². The van der Waals surface area contributed by atoms with Gasteiger partial charge in [0.15, 0.2) is 0 Å². The first-order valence-electron chi connectivity index (χ1n) is 9.06. The van der Waals surface area contributed by atoms with Crippen LogP contribution in [0.1, 0.15) is 47.2 Å². The van der Waals surface area contributed by atoms with Crippen LogP contribution >= 0.6 is 0 Å². The minimum absolute atomic E-state index is 0.0514. The number of nitrogens with zero attached hydrogens (tertiary/aromatic N) is 3. The number of rotatable bonds is 3. The summed E-state index contributed by atoms with van der Waals surface area (Å²) in [6.45, 7) is 2.69. The van der Waals surface area contributed by atoms with E-state index in [0.29, 0.717) is 5.56 Å². The Morgan fingerprint density at radius 3 is 2.85 bits per heavy atom. The summed E-state index contributed by atoms with van der Waals surface area (Å²) in [5.74, 6) is 0.932. The first-order chi connectivity index (χ1) is 12.7. The number of piperidine rings is 1. The lowest BCUT2D eigenvalue weighted by Crippen LogP contribution is -2.38. The Hall–Kier alpha value is -2.95. The van der Waals surface area contributed by atoms with E-state index in [4.69, 9.17) is 0 Å². The molecule has 26 heavy (non-hydrogen) atoms. The van der Waals surface area contributed by atoms with Gasteiger partial charge in [-0.25, -0.2) is 4.98 Å². The van der Waals surface area contributed by atoms with E-state index in [9.17, 15) is 4.79 Å². The molecule has 3 aromatic rings. The molecule has 5 nitrogen and oxygen atoms in total. The molecule has 1 amide bonds. The maximum atomic E-state index is 13.2. The zero-order chi connectivity index (χ0) is 17.9. The molecule has 1 fully saturated rings. The lowest BCUT2D eigenvalue weighted by Gasteiger charge is -2.35. The monoisotopic (exact) mass is 346 g/mol. The zero-order valence-corrected chi connectivity index (χ0v) is 14.9. The predicted molar refractivity (Wildman–Crippen MR) is 101 cm³/mol. The summed E-state index contributed by atoms with van der Waals surface area (Å²) in [4.78, 5) is 27.2. The van der Waals surface area contributed by atoms with E-state index < -0.39 is 0 Å². The Morgan fingerprint density at radius 1 is 1.15 bits per heavy atom. The maximum absolute atomic E-state index is 13.2. The number of imidazole rings is 1. The van der Waals surface area contributed by atoms with E-state index in [1.165, 1.54) is 0 Å². The van der Waals surface area contributed by atoms with Gasteiger partial charge in [-0.3, -0.25) is 9.78 Å². The van der Waals surface area contributed by atoms with Gasteiger partial charge in [0.2, 0.25) is 0 Å². The molecule has 132 valence electrons. The molecule has 3 heterocycles. The molecular formula is C21H22N4O. The van der Waals surface area contributed by atoms with Gasteiger partial charge in [0.25, 0.3) is 5.91 Å². The number of H-pyrrole nitrogens is 1. The Morgan fingerprint density at radius 2 is 2.08 bits per heavy atom. The number of likely N-dealkylation sites (tertiary alicyclic amines) is 1. The molecule has 1 unspecified atom stereocenters. The second kappa shape index (κ2) is 7.12. The summed E-state index contributed by atoms with van der Waals surface area (Å²) in [7, 11) is 0. The van der Waals surface area contributed by atoms with E-state index in [1.54, 1.807) is 12.4 Å². The van der Waals surface area contributed by atoms with Gasteiger partial charge in [0, 0.05) is 23.9 Å². The number of aryl methyl sites for hydroxylation is 1. The van der Waals surface area contributed by atoms with Gasteiger partial charge >= 0.3 is 0 Å². The topological polar surface area (TPSA) is 61.9 Å². The molecule has 0 aliphatic carbocycles. The van der Waals surface area contributed by atoms with Crippen molar-refractivity contribution < 1.29 is 4.79 Å². The Balaban J connectivity index is 1.63. The summed E-state index contributed by atoms with van der Waals surface area (Å²) in [6.07, 6.45) is 6.72. The van der Waals surface area contributed by atoms with Gasteiger partial charge in [-0.2, -0.15) is 0 Å². The lowest BCUT2D eigenvalue weighted by molar-refractivity contribution is 0.0606. The molecule has 1 aliphatic heterocycles. The van der Waals surface area contributed by atoms with Gasteiger partial charge in [-0.15, -0.1) is 0 Å². The molecule has 5 heteroatoms. The molecule has 0 spiro atoms. The van der Waals surface area contributed by atoms with Crippen LogP contribution in [0.25, 0.3) is 11.3 Å². The standard InChI is InChI=1S/C21H22N4O/c1-15-23-14-19(24-15)16-7-6-8-17(13-16)21(26)25-12-5-3-10-20(25)18-9-2-4-11-22-18/h2,4,6-9,11,13-14,20H,3,5,10,12H2,1H3,(H,23,24). The van der Waals surface area contributed by atoms with E-state index in [-0.39, 0.29) is 11.9 Å². The molecule has 0 bridgehead atoms. The first-order valence-corrected chi connectivity index (χ1v) is 9.06. The number of carbonyl (C=O) groups is 1. The molecule has 1 saturated heterocycles. The van der Waals surface area contributed by atoms with Crippen LogP contribution < -0.4 is 0 Å². The van der Waals surface area contributed by atoms with Crippen molar-refractivity contribution in [2.24, 2.45) is 0 Å². The molecular weight excluding hydrogens is 324 g/mol. The van der Waals surface area contributed by atoms with Crippen LogP contribution in [0.2, 0.25) is 0 Å². The third-order valence-electron chi connectivity index (χ3n) is 4.92. The zero-order valence-electron chi connectivity index (χ0n) is 14.9. The van der Waals surface area contributed by atoms with Crippen molar-refractivity contribution in [2.75, 3.05) is 6.54 Å². The highest BCUT2D eigenvalue weighted by atomic mass is 16.2. The molecule has 2 aromatic heterocycles. The number of pyridine rings is 1. The van der Waals surface area contributed by atoms with E-state index >= 15 is 0 Å². The smallest absolute Gasteiger partial charge is 0.254 e. The van der Waals surface area contributed by atoms with Crippen LogP contribution in [-0.4, -0.2) is 32.3 Å². The molecule has 1 aliphatic rings. The molecule has 1 aromatic carbocycles. The van der Waals surface area contributed by atoms with Crippen molar-refractivity contribution in [3.8, 4) is 11.3 Å². The fourth-order valence-electron chi connectivity index (χ4n) is 3.61. The fourth-order valence-corrected chi connectivity index (χ4v) is 3.61. The van der Waals surface area contributed by atoms with Gasteiger partial charge < -0.3 is 9.88 Å². The SMILES string of the molecule is Cc1ncc(-c2cccc(C(=O)N3CCCCC3c3ccccn3)c2)[nH]1. The maximum Gasteiger partial charge on any atom is 0.254 e. The number of carbonyl (C=O) groups excluding carboxylic acids is 1. The van der Waals surface area contributed by atoms with Crippen molar-refractivity contribution in [3.05, 3.63) is 71.9 Å². The quantitative estimate of drug-likeness (QED) is 0.775. The Labute approximate surface area is 153 Å². The van der Waals surface area contributed by atoms with E-state index in [2.05, 4.69) is 15.0 Å². The Bertz CT molecular complexity index is 903. The van der Waals surface area contributed by atoms with Crippen LogP contribution in [0.3, 0.4) is 0 Å². The van der Waals surface area contributed by atoms with Gasteiger partial charge in [-0.05, 0) is 50.5 Å². The highest BCUT2D eigenvalue weighted by Gasteiger charge is 2.29. The molecule has 1 atom stereocenters. The number of hydrogen-bond donors (Lipinski definition) is 1. The van der Waals surface area contributed by atoms with Gasteiger partial charge in [0.1, 0.15) is 5.82 Å². The number of aromatic amines is 1. The summed E-state index contributed by atoms with van der Waals surface area (Å²) >= 11 is 0. The second-order valence-electron chi connectivity index (χ2n) is 6.73. The minimum Gasteiger partial charge on any atom is -0.342 e. The van der Waals surface area contributed by atoms with Gasteiger partial charge in [-0.1, -0.05) is 18.2 Å². The number of benzene rings is 1. The normalized spacial score (nSPS) is 17.3. The first kappa shape index (κ1) is 16.5. The summed E-state index contributed by atoms with van der Waals surface area (Å²) in [5, 5.41) is 0. The predicted octanol–water partition coefficient (Wildman–Crippen LogP) is 4.15. The fraction of sp³-hybridized carbons (Fsp3) is 0.286. The van der Waals surface area contributed by atoms with Crippen LogP contribution in [0.5, 0.6) is 0 Å². The number of aromatic nitrogens is 3. The number of nitrogens with one attached hydrogen (secondary N) is 1. The number of amides is 1. The largest absolute Gasteiger partial charge is 0.342 e. The van der Waals surface area contributed by atoms with Gasteiger partial charge in [0.05, 0.1) is 23.6 Å². The van der Waals surface area contributed by atoms with Crippen LogP contribution in [0.4, 0.5) is 0 Å². The summed E-state index contributed by atoms with van der Waals surface area (Å²) in [6, 6.07) is 13.7. The molecule has 1 N–H and O–H groups in total. The van der Waals surface area contributed by atoms with Crippen LogP contribution in [0, 0.1) is 6.92 Å².